The fourth-order valence-corrected chi connectivity index (χ4v) is 2.22. The average molecular weight is 299 g/mol. The third-order valence-electron chi connectivity index (χ3n) is 3.79. The van der Waals surface area contributed by atoms with E-state index in [4.69, 9.17) is 10.5 Å². The van der Waals surface area contributed by atoms with E-state index in [2.05, 4.69) is 5.32 Å². The Morgan fingerprint density at radius 3 is 2.50 bits per heavy atom. The first-order valence-corrected chi connectivity index (χ1v) is 6.80. The van der Waals surface area contributed by atoms with Gasteiger partial charge in [-0.25, -0.2) is 0 Å². The second kappa shape index (κ2) is 7.50. The molecule has 0 radical (unpaired) electrons. The zero-order chi connectivity index (χ0) is 13.7. The topological polar surface area (TPSA) is 64.3 Å². The molecule has 1 fully saturated rings. The maximum absolute atomic E-state index is 11.7. The van der Waals surface area contributed by atoms with Crippen molar-refractivity contribution in [3.8, 4) is 5.75 Å². The van der Waals surface area contributed by atoms with Gasteiger partial charge in [-0.3, -0.25) is 4.79 Å². The highest BCUT2D eigenvalue weighted by atomic mass is 35.5. The van der Waals surface area contributed by atoms with E-state index >= 15 is 0 Å². The molecular weight excluding hydrogens is 276 g/mol. The number of halogens is 1. The molecule has 4 nitrogen and oxygen atoms in total. The second-order valence-electron chi connectivity index (χ2n) is 5.34. The van der Waals surface area contributed by atoms with Crippen LogP contribution in [0.5, 0.6) is 5.75 Å². The van der Waals surface area contributed by atoms with Crippen molar-refractivity contribution < 1.29 is 9.53 Å². The van der Waals surface area contributed by atoms with Gasteiger partial charge >= 0.3 is 0 Å². The predicted molar refractivity (Wildman–Crippen MR) is 82.3 cm³/mol. The van der Waals surface area contributed by atoms with Gasteiger partial charge in [-0.2, -0.15) is 0 Å². The molecule has 0 aliphatic heterocycles. The highest BCUT2D eigenvalue weighted by Crippen LogP contribution is 2.28. The van der Waals surface area contributed by atoms with E-state index in [-0.39, 0.29) is 23.9 Å². The predicted octanol–water partition coefficient (Wildman–Crippen LogP) is 2.05. The summed E-state index contributed by atoms with van der Waals surface area (Å²) < 4.78 is 5.10. The molecule has 0 saturated heterocycles. The highest BCUT2D eigenvalue weighted by Gasteiger charge is 2.32. The standard InChI is InChI=1S/C15H22N2O2.ClH/c1-19-13-6-3-12(4-7-13)5-8-14(18)17-11-15(16)9-2-10-15;/h3-4,6-7H,2,5,8-11,16H2,1H3,(H,17,18);1H. The Labute approximate surface area is 126 Å². The number of nitrogens with one attached hydrogen (secondary N) is 1. The van der Waals surface area contributed by atoms with Crippen LogP contribution in [0.15, 0.2) is 24.3 Å². The zero-order valence-corrected chi connectivity index (χ0v) is 12.7. The zero-order valence-electron chi connectivity index (χ0n) is 11.9. The maximum Gasteiger partial charge on any atom is 0.220 e. The van der Waals surface area contributed by atoms with Crippen molar-refractivity contribution >= 4 is 18.3 Å². The molecule has 0 atom stereocenters. The van der Waals surface area contributed by atoms with Gasteiger partial charge in [0, 0.05) is 18.5 Å². The van der Waals surface area contributed by atoms with Gasteiger partial charge in [-0.1, -0.05) is 12.1 Å². The van der Waals surface area contributed by atoms with Crippen LogP contribution in [-0.2, 0) is 11.2 Å². The summed E-state index contributed by atoms with van der Waals surface area (Å²) in [5, 5.41) is 2.93. The van der Waals surface area contributed by atoms with E-state index < -0.39 is 0 Å². The number of hydrogen-bond donors (Lipinski definition) is 2. The Morgan fingerprint density at radius 2 is 2.00 bits per heavy atom. The van der Waals surface area contributed by atoms with Gasteiger partial charge < -0.3 is 15.8 Å². The number of carbonyl (C=O) groups excluding carboxylic acids is 1. The van der Waals surface area contributed by atoms with Crippen molar-refractivity contribution in [2.45, 2.75) is 37.6 Å². The quantitative estimate of drug-likeness (QED) is 0.845. The Bertz CT molecular complexity index is 430. The van der Waals surface area contributed by atoms with Crippen LogP contribution in [0.1, 0.15) is 31.2 Å². The smallest absolute Gasteiger partial charge is 0.220 e. The minimum absolute atomic E-state index is 0. The number of ether oxygens (including phenoxy) is 1. The Hall–Kier alpha value is -1.26. The van der Waals surface area contributed by atoms with E-state index in [0.717, 1.165) is 30.6 Å². The van der Waals surface area contributed by atoms with Crippen molar-refractivity contribution in [1.29, 1.82) is 0 Å². The van der Waals surface area contributed by atoms with Gasteiger partial charge in [0.15, 0.2) is 0 Å². The number of nitrogens with two attached hydrogens (primary N) is 1. The third-order valence-corrected chi connectivity index (χ3v) is 3.79. The molecule has 112 valence electrons. The summed E-state index contributed by atoms with van der Waals surface area (Å²) in [6.45, 7) is 0.606. The van der Waals surface area contributed by atoms with Crippen LogP contribution in [0.2, 0.25) is 0 Å². The molecule has 1 aromatic carbocycles. The number of amides is 1. The lowest BCUT2D eigenvalue weighted by molar-refractivity contribution is -0.121. The SMILES string of the molecule is COc1ccc(CCC(=O)NCC2(N)CCC2)cc1.Cl. The molecule has 5 heteroatoms. The highest BCUT2D eigenvalue weighted by molar-refractivity contribution is 5.85. The van der Waals surface area contributed by atoms with Crippen LogP contribution in [0.3, 0.4) is 0 Å². The van der Waals surface area contributed by atoms with Crippen LogP contribution < -0.4 is 15.8 Å². The van der Waals surface area contributed by atoms with Crippen molar-refractivity contribution in [2.24, 2.45) is 5.73 Å². The molecule has 0 spiro atoms. The monoisotopic (exact) mass is 298 g/mol. The molecule has 1 aromatic rings. The van der Waals surface area contributed by atoms with Crippen LogP contribution in [0.4, 0.5) is 0 Å². The summed E-state index contributed by atoms with van der Waals surface area (Å²) in [5.74, 6) is 0.913. The molecule has 1 aliphatic carbocycles. The molecule has 1 saturated carbocycles. The number of rotatable bonds is 6. The molecule has 0 aromatic heterocycles. The lowest BCUT2D eigenvalue weighted by atomic mass is 9.78. The van der Waals surface area contributed by atoms with Gasteiger partial charge in [0.2, 0.25) is 5.91 Å². The largest absolute Gasteiger partial charge is 0.497 e. The fourth-order valence-electron chi connectivity index (χ4n) is 2.22. The number of benzene rings is 1. The first-order chi connectivity index (χ1) is 9.11. The Balaban J connectivity index is 0.00000200. The summed E-state index contributed by atoms with van der Waals surface area (Å²) >= 11 is 0. The van der Waals surface area contributed by atoms with Crippen molar-refractivity contribution in [2.75, 3.05) is 13.7 Å². The normalized spacial score (nSPS) is 15.7. The van der Waals surface area contributed by atoms with Gasteiger partial charge in [-0.15, -0.1) is 12.4 Å². The fraction of sp³-hybridized carbons (Fsp3) is 0.533. The second-order valence-corrected chi connectivity index (χ2v) is 5.34. The minimum atomic E-state index is -0.143. The molecule has 0 bridgehead atoms. The van der Waals surface area contributed by atoms with Gasteiger partial charge in [0.1, 0.15) is 5.75 Å². The molecule has 0 heterocycles. The van der Waals surface area contributed by atoms with Gasteiger partial charge in [0.05, 0.1) is 7.11 Å². The minimum Gasteiger partial charge on any atom is -0.497 e. The van der Waals surface area contributed by atoms with Crippen LogP contribution in [0.25, 0.3) is 0 Å². The van der Waals surface area contributed by atoms with Crippen molar-refractivity contribution in [3.05, 3.63) is 29.8 Å². The Morgan fingerprint density at radius 1 is 1.35 bits per heavy atom. The summed E-state index contributed by atoms with van der Waals surface area (Å²) in [7, 11) is 1.64. The number of carbonyl (C=O) groups is 1. The van der Waals surface area contributed by atoms with Crippen molar-refractivity contribution in [1.82, 2.24) is 5.32 Å². The van der Waals surface area contributed by atoms with E-state index in [1.54, 1.807) is 7.11 Å². The van der Waals surface area contributed by atoms with Crippen LogP contribution in [-0.4, -0.2) is 25.1 Å². The average Bonchev–Trinajstić information content (AvgIpc) is 2.41. The molecule has 3 N–H and O–H groups in total. The van der Waals surface area contributed by atoms with Crippen LogP contribution in [0, 0.1) is 0 Å². The van der Waals surface area contributed by atoms with E-state index in [1.165, 1.54) is 6.42 Å². The Kier molecular flexibility index (Phi) is 6.30. The number of methoxy groups -OCH3 is 1. The summed E-state index contributed by atoms with van der Waals surface area (Å²) in [4.78, 5) is 11.7. The summed E-state index contributed by atoms with van der Waals surface area (Å²) in [6, 6.07) is 7.80. The maximum atomic E-state index is 11.7. The first kappa shape index (κ1) is 16.8. The van der Waals surface area contributed by atoms with E-state index in [9.17, 15) is 4.79 Å². The van der Waals surface area contributed by atoms with Gasteiger partial charge in [0.25, 0.3) is 0 Å². The summed E-state index contributed by atoms with van der Waals surface area (Å²) in [6.07, 6.45) is 4.46. The molecule has 1 aliphatic rings. The van der Waals surface area contributed by atoms with Crippen LogP contribution >= 0.6 is 12.4 Å². The summed E-state index contributed by atoms with van der Waals surface area (Å²) in [5.41, 5.74) is 7.06. The molecular formula is C15H23ClN2O2. The van der Waals surface area contributed by atoms with Crippen molar-refractivity contribution in [3.63, 3.8) is 0 Å². The number of hydrogen-bond acceptors (Lipinski definition) is 3. The molecule has 2 rings (SSSR count). The van der Waals surface area contributed by atoms with E-state index in [0.29, 0.717) is 13.0 Å². The number of aryl methyl sites for hydroxylation is 1. The third kappa shape index (κ3) is 4.69. The molecule has 1 amide bonds. The van der Waals surface area contributed by atoms with Gasteiger partial charge in [-0.05, 0) is 43.4 Å². The lowest BCUT2D eigenvalue weighted by Gasteiger charge is -2.38. The molecule has 20 heavy (non-hydrogen) atoms. The van der Waals surface area contributed by atoms with E-state index in [1.807, 2.05) is 24.3 Å². The first-order valence-electron chi connectivity index (χ1n) is 6.80. The molecule has 0 unspecified atom stereocenters. The lowest BCUT2D eigenvalue weighted by Crippen LogP contribution is -2.54.